The number of rotatable bonds is 7. The van der Waals surface area contributed by atoms with Crippen LogP contribution in [0.25, 0.3) is 0 Å². The number of anilines is 1. The number of ether oxygens (including phenoxy) is 1. The molecule has 1 aromatic heterocycles. The van der Waals surface area contributed by atoms with E-state index in [4.69, 9.17) is 9.15 Å². The summed E-state index contributed by atoms with van der Waals surface area (Å²) in [6.45, 7) is 1.02. The molecule has 1 aliphatic rings. The van der Waals surface area contributed by atoms with E-state index in [9.17, 15) is 9.59 Å². The Morgan fingerprint density at radius 3 is 2.78 bits per heavy atom. The van der Waals surface area contributed by atoms with E-state index in [0.29, 0.717) is 24.4 Å². The lowest BCUT2D eigenvalue weighted by Gasteiger charge is -2.22. The van der Waals surface area contributed by atoms with Crippen LogP contribution in [0.2, 0.25) is 0 Å². The minimum absolute atomic E-state index is 0.0636. The predicted octanol–water partition coefficient (Wildman–Crippen LogP) is 2.43. The zero-order valence-corrected chi connectivity index (χ0v) is 15.6. The average Bonchev–Trinajstić information content (AvgIpc) is 3.36. The molecule has 7 heteroatoms. The number of nitrogens with zero attached hydrogens (tertiary/aromatic N) is 1. The Balaban J connectivity index is 1.60. The lowest BCUT2D eigenvalue weighted by Crippen LogP contribution is -2.34. The molecule has 27 heavy (non-hydrogen) atoms. The summed E-state index contributed by atoms with van der Waals surface area (Å²) in [4.78, 5) is 26.7. The summed E-state index contributed by atoms with van der Waals surface area (Å²) in [5.41, 5.74) is 1.07. The Hall–Kier alpha value is -2.64. The average molecular weight is 371 g/mol. The maximum atomic E-state index is 12.5. The summed E-state index contributed by atoms with van der Waals surface area (Å²) < 4.78 is 10.8. The molecule has 1 aliphatic heterocycles. The molecule has 0 spiro atoms. The van der Waals surface area contributed by atoms with Crippen LogP contribution in [-0.2, 0) is 9.53 Å². The molecule has 0 bridgehead atoms. The van der Waals surface area contributed by atoms with Crippen molar-refractivity contribution in [2.24, 2.45) is 0 Å². The highest BCUT2D eigenvalue weighted by molar-refractivity contribution is 5.98. The number of carbonyl (C=O) groups excluding carboxylic acids is 2. The molecule has 2 N–H and O–H groups in total. The molecule has 2 atom stereocenters. The predicted molar refractivity (Wildman–Crippen MR) is 102 cm³/mol. The quantitative estimate of drug-likeness (QED) is 0.781. The summed E-state index contributed by atoms with van der Waals surface area (Å²) >= 11 is 0. The molecule has 0 aliphatic carbocycles. The molecule has 2 heterocycles. The van der Waals surface area contributed by atoms with Gasteiger partial charge in [-0.25, -0.2) is 0 Å². The molecule has 1 aromatic carbocycles. The van der Waals surface area contributed by atoms with Crippen LogP contribution in [0.3, 0.4) is 0 Å². The second kappa shape index (κ2) is 8.83. The third kappa shape index (κ3) is 4.96. The van der Waals surface area contributed by atoms with E-state index in [1.54, 1.807) is 30.5 Å². The molecule has 2 aromatic rings. The summed E-state index contributed by atoms with van der Waals surface area (Å²) in [5, 5.41) is 5.74. The Bertz CT molecular complexity index is 767. The van der Waals surface area contributed by atoms with E-state index in [1.165, 1.54) is 0 Å². The maximum absolute atomic E-state index is 12.5. The van der Waals surface area contributed by atoms with Crippen LogP contribution in [0.1, 0.15) is 35.0 Å². The number of hydrogen-bond acceptors (Lipinski definition) is 5. The van der Waals surface area contributed by atoms with Crippen LogP contribution in [-0.4, -0.2) is 50.1 Å². The Morgan fingerprint density at radius 2 is 2.11 bits per heavy atom. The van der Waals surface area contributed by atoms with Gasteiger partial charge < -0.3 is 19.8 Å². The standard InChI is InChI=1S/C20H25N3O4/c1-23(2)16(17-8-4-10-26-17)13-21-19(24)14-6-3-7-15(12-14)22-20(25)18-9-5-11-27-18/h3-4,6-8,10,12,16,18H,5,9,11,13H2,1-2H3,(H,21,24)(H,22,25). The van der Waals surface area contributed by atoms with Crippen molar-refractivity contribution in [3.8, 4) is 0 Å². The highest BCUT2D eigenvalue weighted by Crippen LogP contribution is 2.19. The fourth-order valence-electron chi connectivity index (χ4n) is 3.06. The Kier molecular flexibility index (Phi) is 6.26. The van der Waals surface area contributed by atoms with Gasteiger partial charge in [0.15, 0.2) is 0 Å². The zero-order chi connectivity index (χ0) is 19.2. The first kappa shape index (κ1) is 19.1. The highest BCUT2D eigenvalue weighted by atomic mass is 16.5. The van der Waals surface area contributed by atoms with E-state index in [0.717, 1.165) is 18.6 Å². The molecule has 2 unspecified atom stereocenters. The lowest BCUT2D eigenvalue weighted by molar-refractivity contribution is -0.124. The first-order valence-corrected chi connectivity index (χ1v) is 9.05. The van der Waals surface area contributed by atoms with Gasteiger partial charge in [-0.3, -0.25) is 14.5 Å². The SMILES string of the molecule is CN(C)C(CNC(=O)c1cccc(NC(=O)C2CCCO2)c1)c1ccco1. The van der Waals surface area contributed by atoms with E-state index >= 15 is 0 Å². The molecule has 0 radical (unpaired) electrons. The van der Waals surface area contributed by atoms with Gasteiger partial charge in [0.2, 0.25) is 0 Å². The van der Waals surface area contributed by atoms with Crippen molar-refractivity contribution in [2.45, 2.75) is 25.0 Å². The van der Waals surface area contributed by atoms with Gasteiger partial charge in [0.05, 0.1) is 12.3 Å². The number of likely N-dealkylation sites (N-methyl/N-ethyl adjacent to an activating group) is 1. The van der Waals surface area contributed by atoms with Crippen LogP contribution in [0.4, 0.5) is 5.69 Å². The molecule has 2 amide bonds. The Labute approximate surface area is 158 Å². The van der Waals surface area contributed by atoms with E-state index in [1.807, 2.05) is 31.1 Å². The zero-order valence-electron chi connectivity index (χ0n) is 15.6. The van der Waals surface area contributed by atoms with Gasteiger partial charge in [-0.15, -0.1) is 0 Å². The molecule has 3 rings (SSSR count). The third-order valence-electron chi connectivity index (χ3n) is 4.57. The molecule has 1 fully saturated rings. The van der Waals surface area contributed by atoms with Gasteiger partial charge >= 0.3 is 0 Å². The molecule has 144 valence electrons. The van der Waals surface area contributed by atoms with Crippen molar-refractivity contribution in [2.75, 3.05) is 32.6 Å². The van der Waals surface area contributed by atoms with E-state index in [2.05, 4.69) is 10.6 Å². The summed E-state index contributed by atoms with van der Waals surface area (Å²) in [6.07, 6.45) is 2.83. The molecule has 7 nitrogen and oxygen atoms in total. The van der Waals surface area contributed by atoms with Crippen molar-refractivity contribution in [1.82, 2.24) is 10.2 Å². The number of nitrogens with one attached hydrogen (secondary N) is 2. The van der Waals surface area contributed by atoms with Gasteiger partial charge in [0.1, 0.15) is 11.9 Å². The van der Waals surface area contributed by atoms with Gasteiger partial charge in [0, 0.05) is 24.4 Å². The largest absolute Gasteiger partial charge is 0.468 e. The lowest BCUT2D eigenvalue weighted by atomic mass is 10.1. The summed E-state index contributed by atoms with van der Waals surface area (Å²) in [7, 11) is 3.86. The topological polar surface area (TPSA) is 83.8 Å². The van der Waals surface area contributed by atoms with Crippen molar-refractivity contribution in [1.29, 1.82) is 0 Å². The van der Waals surface area contributed by atoms with E-state index in [-0.39, 0.29) is 17.9 Å². The Morgan fingerprint density at radius 1 is 1.26 bits per heavy atom. The number of furan rings is 1. The molecular weight excluding hydrogens is 346 g/mol. The van der Waals surface area contributed by atoms with Crippen molar-refractivity contribution in [3.05, 3.63) is 54.0 Å². The minimum Gasteiger partial charge on any atom is -0.468 e. The van der Waals surface area contributed by atoms with Crippen LogP contribution in [0.5, 0.6) is 0 Å². The van der Waals surface area contributed by atoms with Gasteiger partial charge in [-0.1, -0.05) is 6.07 Å². The fraction of sp³-hybridized carbons (Fsp3) is 0.400. The fourth-order valence-corrected chi connectivity index (χ4v) is 3.06. The second-order valence-electron chi connectivity index (χ2n) is 6.78. The monoisotopic (exact) mass is 371 g/mol. The summed E-state index contributed by atoms with van der Waals surface area (Å²) in [6, 6.07) is 10.5. The van der Waals surface area contributed by atoms with Crippen LogP contribution in [0, 0.1) is 0 Å². The second-order valence-corrected chi connectivity index (χ2v) is 6.78. The first-order chi connectivity index (χ1) is 13.0. The normalized spacial score (nSPS) is 17.7. The third-order valence-corrected chi connectivity index (χ3v) is 4.57. The maximum Gasteiger partial charge on any atom is 0.253 e. The smallest absolute Gasteiger partial charge is 0.253 e. The van der Waals surface area contributed by atoms with Crippen molar-refractivity contribution >= 4 is 17.5 Å². The molecule has 0 saturated carbocycles. The van der Waals surface area contributed by atoms with Crippen molar-refractivity contribution in [3.63, 3.8) is 0 Å². The minimum atomic E-state index is -0.406. The van der Waals surface area contributed by atoms with Crippen LogP contribution in [0.15, 0.2) is 47.1 Å². The van der Waals surface area contributed by atoms with Crippen LogP contribution >= 0.6 is 0 Å². The highest BCUT2D eigenvalue weighted by Gasteiger charge is 2.24. The number of hydrogen-bond donors (Lipinski definition) is 2. The first-order valence-electron chi connectivity index (χ1n) is 9.05. The molecule has 1 saturated heterocycles. The summed E-state index contributed by atoms with van der Waals surface area (Å²) in [5.74, 6) is 0.412. The van der Waals surface area contributed by atoms with Gasteiger partial charge in [-0.05, 0) is 57.3 Å². The van der Waals surface area contributed by atoms with Gasteiger partial charge in [-0.2, -0.15) is 0 Å². The van der Waals surface area contributed by atoms with Crippen LogP contribution < -0.4 is 10.6 Å². The number of benzene rings is 1. The van der Waals surface area contributed by atoms with Crippen molar-refractivity contribution < 1.29 is 18.7 Å². The number of amides is 2. The van der Waals surface area contributed by atoms with Gasteiger partial charge in [0.25, 0.3) is 11.8 Å². The van der Waals surface area contributed by atoms with E-state index < -0.39 is 6.10 Å². The molecular formula is C20H25N3O4. The number of carbonyl (C=O) groups is 2.